The van der Waals surface area contributed by atoms with Crippen molar-refractivity contribution in [3.05, 3.63) is 65.4 Å². The van der Waals surface area contributed by atoms with Crippen molar-refractivity contribution in [3.8, 4) is 17.4 Å². The number of allylic oxidation sites excluding steroid dienone is 1. The molecule has 0 saturated heterocycles. The summed E-state index contributed by atoms with van der Waals surface area (Å²) in [5.41, 5.74) is 5.41. The number of aromatic nitrogens is 1. The molecule has 0 bridgehead atoms. The highest BCUT2D eigenvalue weighted by Gasteiger charge is 2.18. The molecule has 0 saturated carbocycles. The van der Waals surface area contributed by atoms with Crippen molar-refractivity contribution in [1.29, 1.82) is 0 Å². The molecule has 1 aromatic heterocycles. The van der Waals surface area contributed by atoms with E-state index >= 15 is 0 Å². The number of para-hydroxylation sites is 1. The first kappa shape index (κ1) is 14.5. The fraction of sp³-hybridized carbons (Fsp3) is 0.100. The van der Waals surface area contributed by atoms with Gasteiger partial charge in [-0.2, -0.15) is 0 Å². The molecule has 118 valence electrons. The largest absolute Gasteiger partial charge is 0.479 e. The van der Waals surface area contributed by atoms with Crippen LogP contribution in [-0.2, 0) is 6.42 Å². The molecule has 0 fully saturated rings. The number of benzene rings is 2. The average Bonchev–Trinajstić information content (AvgIpc) is 3.20. The maximum Gasteiger partial charge on any atom is 0.310 e. The van der Waals surface area contributed by atoms with Gasteiger partial charge in [0.2, 0.25) is 5.89 Å². The van der Waals surface area contributed by atoms with Gasteiger partial charge in [0.15, 0.2) is 0 Å². The van der Waals surface area contributed by atoms with Gasteiger partial charge in [0.1, 0.15) is 5.69 Å². The maximum atomic E-state index is 10.1. The van der Waals surface area contributed by atoms with E-state index < -0.39 is 0 Å². The van der Waals surface area contributed by atoms with E-state index in [-0.39, 0.29) is 5.95 Å². The van der Waals surface area contributed by atoms with E-state index in [1.165, 1.54) is 5.56 Å². The molecular weight excluding hydrogens is 300 g/mol. The van der Waals surface area contributed by atoms with E-state index in [0.717, 1.165) is 28.8 Å². The molecule has 0 atom stereocenters. The Morgan fingerprint density at radius 1 is 1.08 bits per heavy atom. The zero-order valence-electron chi connectivity index (χ0n) is 13.2. The highest BCUT2D eigenvalue weighted by atomic mass is 16.5. The smallest absolute Gasteiger partial charge is 0.310 e. The summed E-state index contributed by atoms with van der Waals surface area (Å²) in [7, 11) is 0. The van der Waals surface area contributed by atoms with Crippen LogP contribution < -0.4 is 0 Å². The fourth-order valence-electron chi connectivity index (χ4n) is 2.85. The zero-order valence-corrected chi connectivity index (χ0v) is 13.2. The number of oxazole rings is 1. The van der Waals surface area contributed by atoms with Crippen LogP contribution in [0.25, 0.3) is 23.1 Å². The molecule has 1 aliphatic heterocycles. The van der Waals surface area contributed by atoms with Crippen LogP contribution in [0, 0.1) is 0 Å². The van der Waals surface area contributed by atoms with Crippen LogP contribution >= 0.6 is 0 Å². The van der Waals surface area contributed by atoms with Crippen molar-refractivity contribution < 1.29 is 9.52 Å². The topological polar surface area (TPSA) is 58.6 Å². The first-order chi connectivity index (χ1) is 11.8. The Kier molecular flexibility index (Phi) is 3.50. The highest BCUT2D eigenvalue weighted by molar-refractivity contribution is 6.21. The summed E-state index contributed by atoms with van der Waals surface area (Å²) in [6, 6.07) is 15.7. The highest BCUT2D eigenvalue weighted by Crippen LogP contribution is 2.37. The molecule has 2 heterocycles. The molecule has 0 unspecified atom stereocenters. The molecule has 0 amide bonds. The van der Waals surface area contributed by atoms with Gasteiger partial charge >= 0.3 is 5.95 Å². The Balaban J connectivity index is 1.74. The third-order valence-corrected chi connectivity index (χ3v) is 4.09. The van der Waals surface area contributed by atoms with E-state index in [4.69, 9.17) is 4.42 Å². The standard InChI is InChI=1S/C20H16N2O2/c1-2-13-9-6-10-16-15(12-21-18(13)16)11-17-20(23)24-19(22-17)14-7-4-3-5-8-14/h3-12,23H,2H2,1H3/b15-11+. The number of rotatable bonds is 3. The van der Waals surface area contributed by atoms with Crippen molar-refractivity contribution in [2.45, 2.75) is 13.3 Å². The fourth-order valence-corrected chi connectivity index (χ4v) is 2.85. The van der Waals surface area contributed by atoms with E-state index in [2.05, 4.69) is 23.0 Å². The quantitative estimate of drug-likeness (QED) is 0.750. The van der Waals surface area contributed by atoms with Gasteiger partial charge in [-0.05, 0) is 30.2 Å². The Hall–Kier alpha value is -3.14. The summed E-state index contributed by atoms with van der Waals surface area (Å²) >= 11 is 0. The number of fused-ring (bicyclic) bond motifs is 1. The lowest BCUT2D eigenvalue weighted by Crippen LogP contribution is -1.85. The van der Waals surface area contributed by atoms with Gasteiger partial charge in [-0.3, -0.25) is 4.99 Å². The van der Waals surface area contributed by atoms with Gasteiger partial charge in [0.05, 0.1) is 5.69 Å². The Labute approximate surface area is 139 Å². The van der Waals surface area contributed by atoms with Crippen molar-refractivity contribution in [2.24, 2.45) is 4.99 Å². The van der Waals surface area contributed by atoms with Crippen molar-refractivity contribution in [3.63, 3.8) is 0 Å². The molecule has 3 aromatic rings. The van der Waals surface area contributed by atoms with Crippen LogP contribution in [-0.4, -0.2) is 16.3 Å². The van der Waals surface area contributed by atoms with Crippen LogP contribution in [0.4, 0.5) is 5.69 Å². The molecular formula is C20H16N2O2. The minimum absolute atomic E-state index is 0.185. The number of nitrogens with zero attached hydrogens (tertiary/aromatic N) is 2. The summed E-state index contributed by atoms with van der Waals surface area (Å²) in [6.45, 7) is 2.11. The van der Waals surface area contributed by atoms with E-state index in [9.17, 15) is 5.11 Å². The minimum atomic E-state index is -0.185. The van der Waals surface area contributed by atoms with Gasteiger partial charge in [0.25, 0.3) is 0 Å². The van der Waals surface area contributed by atoms with Crippen LogP contribution in [0.2, 0.25) is 0 Å². The monoisotopic (exact) mass is 316 g/mol. The number of aromatic hydroxyl groups is 1. The summed E-state index contributed by atoms with van der Waals surface area (Å²) < 4.78 is 5.40. The predicted molar refractivity (Wildman–Crippen MR) is 95.4 cm³/mol. The minimum Gasteiger partial charge on any atom is -0.479 e. The zero-order chi connectivity index (χ0) is 16.5. The normalized spacial score (nSPS) is 14.3. The van der Waals surface area contributed by atoms with Gasteiger partial charge in [0, 0.05) is 22.9 Å². The molecule has 0 spiro atoms. The summed E-state index contributed by atoms with van der Waals surface area (Å²) in [5.74, 6) is 0.215. The molecule has 0 aliphatic carbocycles. The average molecular weight is 316 g/mol. The number of aliphatic imine (C=N–C) groups is 1. The van der Waals surface area contributed by atoms with Crippen LogP contribution in [0.5, 0.6) is 5.95 Å². The molecule has 4 heteroatoms. The SMILES string of the molecule is CCc1cccc2c1N=C/C2=C\c1nc(-c2ccccc2)oc1O. The van der Waals surface area contributed by atoms with E-state index in [0.29, 0.717) is 11.6 Å². The summed E-state index contributed by atoms with van der Waals surface area (Å²) in [6.07, 6.45) is 4.54. The molecule has 1 aliphatic rings. The Morgan fingerprint density at radius 3 is 2.71 bits per heavy atom. The third-order valence-electron chi connectivity index (χ3n) is 4.09. The van der Waals surface area contributed by atoms with E-state index in [1.54, 1.807) is 12.3 Å². The van der Waals surface area contributed by atoms with Crippen LogP contribution in [0.3, 0.4) is 0 Å². The van der Waals surface area contributed by atoms with E-state index in [1.807, 2.05) is 42.5 Å². The first-order valence-electron chi connectivity index (χ1n) is 7.89. The lowest BCUT2D eigenvalue weighted by molar-refractivity contribution is 0.336. The number of hydrogen-bond donors (Lipinski definition) is 1. The maximum absolute atomic E-state index is 10.1. The number of aryl methyl sites for hydroxylation is 1. The van der Waals surface area contributed by atoms with Gasteiger partial charge in [-0.1, -0.05) is 43.3 Å². The van der Waals surface area contributed by atoms with Gasteiger partial charge in [-0.25, -0.2) is 4.98 Å². The summed E-state index contributed by atoms with van der Waals surface area (Å²) in [5, 5.41) is 10.1. The van der Waals surface area contributed by atoms with Crippen molar-refractivity contribution >= 4 is 23.6 Å². The second-order valence-corrected chi connectivity index (χ2v) is 5.60. The first-order valence-corrected chi connectivity index (χ1v) is 7.89. The Morgan fingerprint density at radius 2 is 1.92 bits per heavy atom. The predicted octanol–water partition coefficient (Wildman–Crippen LogP) is 4.87. The Bertz CT molecular complexity index is 953. The van der Waals surface area contributed by atoms with Crippen molar-refractivity contribution in [1.82, 2.24) is 4.98 Å². The molecule has 24 heavy (non-hydrogen) atoms. The second kappa shape index (κ2) is 5.81. The molecule has 4 rings (SSSR count). The van der Waals surface area contributed by atoms with Gasteiger partial charge < -0.3 is 9.52 Å². The molecule has 1 N–H and O–H groups in total. The number of hydrogen-bond acceptors (Lipinski definition) is 4. The lowest BCUT2D eigenvalue weighted by atomic mass is 10.0. The van der Waals surface area contributed by atoms with Gasteiger partial charge in [-0.15, -0.1) is 0 Å². The third kappa shape index (κ3) is 2.42. The molecule has 4 nitrogen and oxygen atoms in total. The van der Waals surface area contributed by atoms with Crippen LogP contribution in [0.1, 0.15) is 23.7 Å². The summed E-state index contributed by atoms with van der Waals surface area (Å²) in [4.78, 5) is 8.91. The second-order valence-electron chi connectivity index (χ2n) is 5.60. The molecule has 2 aromatic carbocycles. The van der Waals surface area contributed by atoms with Crippen LogP contribution in [0.15, 0.2) is 57.9 Å². The molecule has 0 radical (unpaired) electrons. The van der Waals surface area contributed by atoms with Crippen molar-refractivity contribution in [2.75, 3.05) is 0 Å². The lowest BCUT2D eigenvalue weighted by Gasteiger charge is -2.03.